The third-order valence-electron chi connectivity index (χ3n) is 5.59. The highest BCUT2D eigenvalue weighted by Gasteiger charge is 2.24. The fourth-order valence-corrected chi connectivity index (χ4v) is 4.24. The Morgan fingerprint density at radius 3 is 1.75 bits per heavy atom. The van der Waals surface area contributed by atoms with Gasteiger partial charge < -0.3 is 0 Å². The lowest BCUT2D eigenvalue weighted by Gasteiger charge is -2.28. The van der Waals surface area contributed by atoms with E-state index in [-0.39, 0.29) is 0 Å². The molecule has 0 radical (unpaired) electrons. The monoisotopic (exact) mass is 320 g/mol. The molecule has 0 heteroatoms. The van der Waals surface area contributed by atoms with E-state index < -0.39 is 0 Å². The molecular formula is C24H32. The maximum atomic E-state index is 2.36. The summed E-state index contributed by atoms with van der Waals surface area (Å²) in [6.45, 7) is 2.29. The van der Waals surface area contributed by atoms with E-state index in [0.717, 1.165) is 6.42 Å². The Bertz CT molecular complexity index is 580. The van der Waals surface area contributed by atoms with Crippen LogP contribution in [0.2, 0.25) is 0 Å². The minimum atomic E-state index is 0.617. The molecule has 24 heavy (non-hydrogen) atoms. The Labute approximate surface area is 148 Å². The van der Waals surface area contributed by atoms with Gasteiger partial charge in [0.25, 0.3) is 0 Å². The SMILES string of the molecule is CCCCCCCCCCC1c2ccccc2Cc2ccccc21. The Hall–Kier alpha value is -1.56. The van der Waals surface area contributed by atoms with Gasteiger partial charge in [0, 0.05) is 5.92 Å². The van der Waals surface area contributed by atoms with Crippen LogP contribution in [0, 0.1) is 0 Å². The first kappa shape index (κ1) is 17.3. The predicted molar refractivity (Wildman–Crippen MR) is 105 cm³/mol. The summed E-state index contributed by atoms with van der Waals surface area (Å²) in [6, 6.07) is 18.2. The first-order valence-electron chi connectivity index (χ1n) is 10.1. The highest BCUT2D eigenvalue weighted by molar-refractivity contribution is 5.48. The minimum Gasteiger partial charge on any atom is -0.0654 e. The number of hydrogen-bond donors (Lipinski definition) is 0. The third-order valence-corrected chi connectivity index (χ3v) is 5.59. The van der Waals surface area contributed by atoms with Crippen LogP contribution in [0.3, 0.4) is 0 Å². The molecule has 0 aliphatic heterocycles. The molecule has 0 aromatic heterocycles. The summed E-state index contributed by atoms with van der Waals surface area (Å²) in [5.74, 6) is 0.617. The van der Waals surface area contributed by atoms with Crippen LogP contribution in [0.4, 0.5) is 0 Å². The molecule has 1 aliphatic carbocycles. The van der Waals surface area contributed by atoms with Crippen LogP contribution in [0.5, 0.6) is 0 Å². The molecule has 0 N–H and O–H groups in total. The molecule has 0 saturated heterocycles. The van der Waals surface area contributed by atoms with Crippen molar-refractivity contribution in [3.63, 3.8) is 0 Å². The van der Waals surface area contributed by atoms with Gasteiger partial charge in [-0.05, 0) is 35.1 Å². The summed E-state index contributed by atoms with van der Waals surface area (Å²) in [6.07, 6.45) is 13.6. The second-order valence-electron chi connectivity index (χ2n) is 7.39. The van der Waals surface area contributed by atoms with Gasteiger partial charge >= 0.3 is 0 Å². The second kappa shape index (κ2) is 9.06. The van der Waals surface area contributed by atoms with Crippen molar-refractivity contribution in [1.29, 1.82) is 0 Å². The Morgan fingerprint density at radius 1 is 0.667 bits per heavy atom. The smallest absolute Gasteiger partial charge is 0.00950 e. The number of fused-ring (bicyclic) bond motifs is 2. The van der Waals surface area contributed by atoms with Gasteiger partial charge in [0.05, 0.1) is 0 Å². The van der Waals surface area contributed by atoms with E-state index in [4.69, 9.17) is 0 Å². The summed E-state index contributed by atoms with van der Waals surface area (Å²) in [5.41, 5.74) is 6.25. The molecule has 0 heterocycles. The zero-order chi connectivity index (χ0) is 16.6. The molecule has 0 unspecified atom stereocenters. The molecule has 0 amide bonds. The van der Waals surface area contributed by atoms with Crippen molar-refractivity contribution in [2.45, 2.75) is 77.0 Å². The summed E-state index contributed by atoms with van der Waals surface area (Å²) in [5, 5.41) is 0. The highest BCUT2D eigenvalue weighted by Crippen LogP contribution is 2.39. The first-order valence-corrected chi connectivity index (χ1v) is 10.1. The Morgan fingerprint density at radius 2 is 1.17 bits per heavy atom. The number of benzene rings is 2. The van der Waals surface area contributed by atoms with E-state index in [1.807, 2.05) is 0 Å². The van der Waals surface area contributed by atoms with Crippen molar-refractivity contribution in [2.75, 3.05) is 0 Å². The largest absolute Gasteiger partial charge is 0.0654 e. The minimum absolute atomic E-state index is 0.617. The van der Waals surface area contributed by atoms with Crippen molar-refractivity contribution in [3.05, 3.63) is 70.8 Å². The Balaban J connectivity index is 1.55. The quantitative estimate of drug-likeness (QED) is 0.427. The molecule has 0 saturated carbocycles. The molecule has 0 fully saturated rings. The molecular weight excluding hydrogens is 288 g/mol. The van der Waals surface area contributed by atoms with Gasteiger partial charge in [-0.15, -0.1) is 0 Å². The average molecular weight is 321 g/mol. The van der Waals surface area contributed by atoms with Gasteiger partial charge in [0.15, 0.2) is 0 Å². The van der Waals surface area contributed by atoms with Gasteiger partial charge in [-0.3, -0.25) is 0 Å². The van der Waals surface area contributed by atoms with Crippen molar-refractivity contribution in [2.24, 2.45) is 0 Å². The normalized spacial score (nSPS) is 13.5. The van der Waals surface area contributed by atoms with E-state index in [1.165, 1.54) is 57.8 Å². The van der Waals surface area contributed by atoms with Crippen LogP contribution in [-0.4, -0.2) is 0 Å². The standard InChI is InChI=1S/C24H32/c1-2-3-4-5-6-7-8-9-18-24-22-16-12-10-14-20(22)19-21-15-11-13-17-23(21)24/h10-17,24H,2-9,18-19H2,1H3. The van der Waals surface area contributed by atoms with E-state index in [9.17, 15) is 0 Å². The fourth-order valence-electron chi connectivity index (χ4n) is 4.24. The van der Waals surface area contributed by atoms with Crippen molar-refractivity contribution in [3.8, 4) is 0 Å². The van der Waals surface area contributed by atoms with Crippen molar-refractivity contribution >= 4 is 0 Å². The van der Waals surface area contributed by atoms with Crippen LogP contribution in [0.1, 0.15) is 92.9 Å². The van der Waals surface area contributed by atoms with Crippen LogP contribution in [-0.2, 0) is 6.42 Å². The topological polar surface area (TPSA) is 0 Å². The lowest BCUT2D eigenvalue weighted by atomic mass is 9.76. The van der Waals surface area contributed by atoms with Gasteiger partial charge in [-0.1, -0.05) is 107 Å². The van der Waals surface area contributed by atoms with E-state index >= 15 is 0 Å². The zero-order valence-corrected chi connectivity index (χ0v) is 15.3. The maximum Gasteiger partial charge on any atom is 0.00950 e. The average Bonchev–Trinajstić information content (AvgIpc) is 2.63. The van der Waals surface area contributed by atoms with Gasteiger partial charge in [-0.25, -0.2) is 0 Å². The van der Waals surface area contributed by atoms with Gasteiger partial charge in [0.1, 0.15) is 0 Å². The predicted octanol–water partition coefficient (Wildman–Crippen LogP) is 7.25. The molecule has 2 aromatic rings. The summed E-state index contributed by atoms with van der Waals surface area (Å²) < 4.78 is 0. The third kappa shape index (κ3) is 4.29. The van der Waals surface area contributed by atoms with Gasteiger partial charge in [-0.2, -0.15) is 0 Å². The van der Waals surface area contributed by atoms with Crippen LogP contribution in [0.15, 0.2) is 48.5 Å². The molecule has 128 valence electrons. The molecule has 0 nitrogen and oxygen atoms in total. The molecule has 3 rings (SSSR count). The molecule has 0 spiro atoms. The molecule has 1 aliphatic rings. The summed E-state index contributed by atoms with van der Waals surface area (Å²) in [7, 11) is 0. The molecule has 0 bridgehead atoms. The lowest BCUT2D eigenvalue weighted by molar-refractivity contribution is 0.548. The summed E-state index contributed by atoms with van der Waals surface area (Å²) >= 11 is 0. The van der Waals surface area contributed by atoms with Crippen molar-refractivity contribution < 1.29 is 0 Å². The highest BCUT2D eigenvalue weighted by atomic mass is 14.3. The zero-order valence-electron chi connectivity index (χ0n) is 15.3. The van der Waals surface area contributed by atoms with E-state index in [2.05, 4.69) is 55.5 Å². The summed E-state index contributed by atoms with van der Waals surface area (Å²) in [4.78, 5) is 0. The molecule has 2 aromatic carbocycles. The van der Waals surface area contributed by atoms with Crippen LogP contribution < -0.4 is 0 Å². The number of rotatable bonds is 9. The van der Waals surface area contributed by atoms with Crippen LogP contribution >= 0.6 is 0 Å². The second-order valence-corrected chi connectivity index (χ2v) is 7.39. The Kier molecular flexibility index (Phi) is 6.52. The van der Waals surface area contributed by atoms with Gasteiger partial charge in [0.2, 0.25) is 0 Å². The fraction of sp³-hybridized carbons (Fsp3) is 0.500. The maximum absolute atomic E-state index is 2.36. The van der Waals surface area contributed by atoms with Crippen molar-refractivity contribution in [1.82, 2.24) is 0 Å². The molecule has 0 atom stereocenters. The van der Waals surface area contributed by atoms with E-state index in [1.54, 1.807) is 22.3 Å². The number of hydrogen-bond acceptors (Lipinski definition) is 0. The van der Waals surface area contributed by atoms with Crippen LogP contribution in [0.25, 0.3) is 0 Å². The first-order chi connectivity index (χ1) is 11.9. The number of unbranched alkanes of at least 4 members (excludes halogenated alkanes) is 7. The lowest BCUT2D eigenvalue weighted by Crippen LogP contribution is -2.13. The van der Waals surface area contributed by atoms with E-state index in [0.29, 0.717) is 5.92 Å².